The van der Waals surface area contributed by atoms with Crippen molar-refractivity contribution in [3.8, 4) is 11.8 Å². The van der Waals surface area contributed by atoms with Crippen LogP contribution in [0.2, 0.25) is 18.1 Å². The van der Waals surface area contributed by atoms with Crippen LogP contribution in [0.1, 0.15) is 27.7 Å². The molecule has 136 valence electrons. The van der Waals surface area contributed by atoms with Crippen LogP contribution in [-0.4, -0.2) is 24.9 Å². The monoisotopic (exact) mass is 374 g/mol. The van der Waals surface area contributed by atoms with Crippen LogP contribution in [-0.2, 0) is 15.2 Å². The fourth-order valence-electron chi connectivity index (χ4n) is 1.66. The molecule has 0 saturated heterocycles. The van der Waals surface area contributed by atoms with Gasteiger partial charge in [-0.2, -0.15) is 0 Å². The maximum absolute atomic E-state index is 12.0. The van der Waals surface area contributed by atoms with Gasteiger partial charge < -0.3 is 4.43 Å². The zero-order valence-corrected chi connectivity index (χ0v) is 18.1. The first-order valence-electron chi connectivity index (χ1n) is 8.54. The molecule has 0 N–H and O–H groups in total. The molecule has 25 heavy (non-hydrogen) atoms. The smallest absolute Gasteiger partial charge is 0.192 e. The van der Waals surface area contributed by atoms with Crippen molar-refractivity contribution in [2.75, 3.05) is 12.4 Å². The molecular formula is C21H30O2SSi. The van der Waals surface area contributed by atoms with Crippen LogP contribution in [0.3, 0.4) is 0 Å². The van der Waals surface area contributed by atoms with E-state index >= 15 is 0 Å². The highest BCUT2D eigenvalue weighted by molar-refractivity contribution is 7.85. The van der Waals surface area contributed by atoms with E-state index in [9.17, 15) is 4.21 Å². The van der Waals surface area contributed by atoms with Crippen molar-refractivity contribution < 1.29 is 8.63 Å². The highest BCUT2D eigenvalue weighted by Gasteiger charge is 2.36. The third-order valence-electron chi connectivity index (χ3n) is 4.36. The summed E-state index contributed by atoms with van der Waals surface area (Å²) in [6.45, 7) is 13.8. The molecule has 0 aliphatic heterocycles. The Morgan fingerprint density at radius 2 is 1.88 bits per heavy atom. The van der Waals surface area contributed by atoms with Crippen LogP contribution in [0.15, 0.2) is 59.0 Å². The van der Waals surface area contributed by atoms with Crippen LogP contribution in [0.25, 0.3) is 0 Å². The van der Waals surface area contributed by atoms with Gasteiger partial charge in [-0.25, -0.2) is 0 Å². The summed E-state index contributed by atoms with van der Waals surface area (Å²) < 4.78 is 18.2. The zero-order valence-electron chi connectivity index (χ0n) is 16.3. The topological polar surface area (TPSA) is 26.3 Å². The van der Waals surface area contributed by atoms with Gasteiger partial charge in [0.25, 0.3) is 0 Å². The van der Waals surface area contributed by atoms with E-state index in [0.717, 1.165) is 10.5 Å². The van der Waals surface area contributed by atoms with Gasteiger partial charge in [-0.15, -0.1) is 0 Å². The molecule has 0 aromatic heterocycles. The Morgan fingerprint density at radius 3 is 2.48 bits per heavy atom. The summed E-state index contributed by atoms with van der Waals surface area (Å²) in [5.41, 5.74) is 0.993. The lowest BCUT2D eigenvalue weighted by atomic mass is 10.2. The van der Waals surface area contributed by atoms with Gasteiger partial charge in [0, 0.05) is 10.6 Å². The fourth-order valence-corrected chi connectivity index (χ4v) is 3.52. The molecule has 0 fully saturated rings. The van der Waals surface area contributed by atoms with Gasteiger partial charge in [0.1, 0.15) is 0 Å². The molecular weight excluding hydrogens is 344 g/mol. The minimum absolute atomic E-state index is 0.220. The molecule has 0 amide bonds. The van der Waals surface area contributed by atoms with Crippen LogP contribution < -0.4 is 0 Å². The van der Waals surface area contributed by atoms with Gasteiger partial charge in [-0.3, -0.25) is 4.21 Å². The minimum atomic E-state index is -1.70. The molecule has 0 aliphatic rings. The van der Waals surface area contributed by atoms with Crippen molar-refractivity contribution in [2.45, 2.75) is 50.7 Å². The summed E-state index contributed by atoms with van der Waals surface area (Å²) in [4.78, 5) is 0.846. The molecule has 4 heteroatoms. The van der Waals surface area contributed by atoms with Crippen molar-refractivity contribution in [2.24, 2.45) is 0 Å². The van der Waals surface area contributed by atoms with Crippen LogP contribution >= 0.6 is 0 Å². The van der Waals surface area contributed by atoms with Crippen LogP contribution in [0.5, 0.6) is 0 Å². The molecule has 2 nitrogen and oxygen atoms in total. The van der Waals surface area contributed by atoms with E-state index in [4.69, 9.17) is 4.43 Å². The van der Waals surface area contributed by atoms with Gasteiger partial charge in [0.2, 0.25) is 0 Å². The highest BCUT2D eigenvalue weighted by Crippen LogP contribution is 2.36. The predicted molar refractivity (Wildman–Crippen MR) is 112 cm³/mol. The number of hydrogen-bond acceptors (Lipinski definition) is 2. The van der Waals surface area contributed by atoms with E-state index < -0.39 is 19.1 Å². The molecule has 0 radical (unpaired) electrons. The summed E-state index contributed by atoms with van der Waals surface area (Å²) in [5, 5.41) is 0.220. The molecule has 0 saturated carbocycles. The van der Waals surface area contributed by atoms with Crippen LogP contribution in [0, 0.1) is 11.8 Å². The number of rotatable bonds is 6. The second kappa shape index (κ2) is 9.91. The lowest BCUT2D eigenvalue weighted by molar-refractivity contribution is 0.327. The van der Waals surface area contributed by atoms with Crippen molar-refractivity contribution in [1.82, 2.24) is 0 Å². The molecule has 0 heterocycles. The quantitative estimate of drug-likeness (QED) is 0.497. The number of allylic oxidation sites excluding steroid dienone is 2. The van der Waals surface area contributed by atoms with Crippen molar-refractivity contribution in [1.29, 1.82) is 0 Å². The van der Waals surface area contributed by atoms with Gasteiger partial charge in [-0.05, 0) is 54.9 Å². The first-order valence-corrected chi connectivity index (χ1v) is 12.8. The van der Waals surface area contributed by atoms with Gasteiger partial charge in [-0.1, -0.05) is 56.9 Å². The summed E-state index contributed by atoms with van der Waals surface area (Å²) in [7, 11) is -2.71. The first kappa shape index (κ1) is 21.6. The average molecular weight is 375 g/mol. The number of hydrogen-bond donors (Lipinski definition) is 0. The van der Waals surface area contributed by atoms with Crippen LogP contribution in [0.4, 0.5) is 0 Å². The Kier molecular flexibility index (Phi) is 8.58. The zero-order chi connectivity index (χ0) is 18.9. The molecule has 0 bridgehead atoms. The van der Waals surface area contributed by atoms with Gasteiger partial charge in [0.05, 0.1) is 17.4 Å². The molecule has 0 spiro atoms. The molecule has 1 rings (SSSR count). The number of benzene rings is 1. The highest BCUT2D eigenvalue weighted by atomic mass is 32.2. The molecule has 0 aliphatic carbocycles. The Labute approximate surface area is 157 Å². The normalized spacial score (nSPS) is 14.2. The fraction of sp³-hybridized carbons (Fsp3) is 0.429. The van der Waals surface area contributed by atoms with E-state index in [0.29, 0.717) is 12.4 Å². The second-order valence-corrected chi connectivity index (χ2v) is 13.8. The van der Waals surface area contributed by atoms with Gasteiger partial charge in [0.15, 0.2) is 8.32 Å². The van der Waals surface area contributed by atoms with Crippen molar-refractivity contribution >= 4 is 19.1 Å². The van der Waals surface area contributed by atoms with Gasteiger partial charge >= 0.3 is 0 Å². The molecule has 1 atom stereocenters. The third-order valence-corrected chi connectivity index (χ3v) is 10.2. The Balaban J connectivity index is 2.45. The Hall–Kier alpha value is -1.41. The Bertz CT molecular complexity index is 686. The largest absolute Gasteiger partial charge is 0.413 e. The summed E-state index contributed by atoms with van der Waals surface area (Å²) in [6, 6.07) is 9.48. The van der Waals surface area contributed by atoms with Crippen molar-refractivity contribution in [3.05, 3.63) is 54.1 Å². The van der Waals surface area contributed by atoms with E-state index in [1.165, 1.54) is 0 Å². The lowest BCUT2D eigenvalue weighted by Gasteiger charge is -2.35. The predicted octanol–water partition coefficient (Wildman–Crippen LogP) is 5.32. The summed E-state index contributed by atoms with van der Waals surface area (Å²) >= 11 is 0. The first-order chi connectivity index (χ1) is 11.6. The Morgan fingerprint density at radius 1 is 1.24 bits per heavy atom. The summed E-state index contributed by atoms with van der Waals surface area (Å²) in [5.74, 6) is 6.56. The second-order valence-electron chi connectivity index (χ2n) is 7.46. The van der Waals surface area contributed by atoms with E-state index in [1.54, 1.807) is 6.08 Å². The van der Waals surface area contributed by atoms with E-state index in [-0.39, 0.29) is 5.04 Å². The van der Waals surface area contributed by atoms with E-state index in [2.05, 4.69) is 45.7 Å². The third kappa shape index (κ3) is 8.00. The average Bonchev–Trinajstić information content (AvgIpc) is 2.54. The van der Waals surface area contributed by atoms with Crippen molar-refractivity contribution in [3.63, 3.8) is 0 Å². The maximum atomic E-state index is 12.0. The molecule has 1 unspecified atom stereocenters. The standard InChI is InChI=1S/C21H30O2SSi/c1-19(16-17-23-25(5,6)21(2,3)4)13-9-8-12-18-24(22)20-14-10-7-11-15-20/h7-8,10-12,14-16H,17-18H2,1-6H3/b12-8+,19-16+. The maximum Gasteiger partial charge on any atom is 0.192 e. The molecule has 1 aromatic carbocycles. The van der Waals surface area contributed by atoms with E-state index in [1.807, 2.05) is 49.4 Å². The SMILES string of the molecule is C/C(C#C/C=C/CS(=O)c1ccccc1)=C\CO[Si](C)(C)C(C)(C)C. The summed E-state index contributed by atoms with van der Waals surface area (Å²) in [6.07, 6.45) is 5.66. The lowest BCUT2D eigenvalue weighted by Crippen LogP contribution is -2.40. The minimum Gasteiger partial charge on any atom is -0.413 e. The molecule has 1 aromatic rings.